The van der Waals surface area contributed by atoms with Crippen LogP contribution in [0.1, 0.15) is 39.7 Å². The smallest absolute Gasteiger partial charge is 0.0748 e. The van der Waals surface area contributed by atoms with Crippen molar-refractivity contribution in [2.45, 2.75) is 52.3 Å². The van der Waals surface area contributed by atoms with Crippen LogP contribution >= 0.6 is 15.9 Å². The van der Waals surface area contributed by atoms with Gasteiger partial charge in [-0.1, -0.05) is 28.9 Å². The van der Waals surface area contributed by atoms with Crippen LogP contribution in [0.4, 0.5) is 5.69 Å². The van der Waals surface area contributed by atoms with Crippen molar-refractivity contribution < 1.29 is 4.74 Å². The molecule has 0 spiro atoms. The van der Waals surface area contributed by atoms with E-state index in [1.54, 1.807) is 0 Å². The molecule has 1 heterocycles. The van der Waals surface area contributed by atoms with Crippen LogP contribution in [0.25, 0.3) is 0 Å². The first-order chi connectivity index (χ1) is 9.89. The molecule has 4 heteroatoms. The number of morpholine rings is 1. The summed E-state index contributed by atoms with van der Waals surface area (Å²) in [5.74, 6) is 0. The monoisotopic (exact) mass is 354 g/mol. The van der Waals surface area contributed by atoms with Crippen molar-refractivity contribution in [1.29, 1.82) is 0 Å². The molecule has 1 unspecified atom stereocenters. The molecule has 0 radical (unpaired) electrons. The highest BCUT2D eigenvalue weighted by molar-refractivity contribution is 9.10. The van der Waals surface area contributed by atoms with Gasteiger partial charge in [0.05, 0.1) is 12.7 Å². The summed E-state index contributed by atoms with van der Waals surface area (Å²) in [5, 5.41) is 3.59. The van der Waals surface area contributed by atoms with E-state index in [-0.39, 0.29) is 5.54 Å². The molecule has 21 heavy (non-hydrogen) atoms. The van der Waals surface area contributed by atoms with Gasteiger partial charge in [0, 0.05) is 35.3 Å². The molecule has 0 bridgehead atoms. The van der Waals surface area contributed by atoms with Gasteiger partial charge in [0.2, 0.25) is 0 Å². The summed E-state index contributed by atoms with van der Waals surface area (Å²) in [5.41, 5.74) is 2.80. The lowest BCUT2D eigenvalue weighted by atomic mass is 10.1. The standard InChI is InChI=1S/C17H27BrN2O/c1-5-15-12-20(8-9-21-15)16-10-14(18)7-6-13(16)11-19-17(2,3)4/h6-7,10,15,19H,5,8-9,11-12H2,1-4H3. The van der Waals surface area contributed by atoms with Gasteiger partial charge >= 0.3 is 0 Å². The third-order valence-electron chi connectivity index (χ3n) is 3.79. The summed E-state index contributed by atoms with van der Waals surface area (Å²) in [6.07, 6.45) is 1.42. The maximum atomic E-state index is 5.79. The number of benzene rings is 1. The van der Waals surface area contributed by atoms with E-state index in [4.69, 9.17) is 4.74 Å². The second-order valence-electron chi connectivity index (χ2n) is 6.72. The molecule has 3 nitrogen and oxygen atoms in total. The Morgan fingerprint density at radius 2 is 2.14 bits per heavy atom. The molecule has 2 rings (SSSR count). The normalized spacial score (nSPS) is 19.9. The first kappa shape index (κ1) is 16.8. The van der Waals surface area contributed by atoms with Crippen LogP contribution in [-0.4, -0.2) is 31.3 Å². The Hall–Kier alpha value is -0.580. The molecule has 1 aromatic rings. The molecule has 1 aromatic carbocycles. The Labute approximate surface area is 137 Å². The average Bonchev–Trinajstić information content (AvgIpc) is 2.45. The van der Waals surface area contributed by atoms with Gasteiger partial charge in [0.15, 0.2) is 0 Å². The number of nitrogens with zero attached hydrogens (tertiary/aromatic N) is 1. The number of anilines is 1. The SMILES string of the molecule is CCC1CN(c2cc(Br)ccc2CNC(C)(C)C)CCO1. The summed E-state index contributed by atoms with van der Waals surface area (Å²) in [6, 6.07) is 6.58. The molecule has 1 saturated heterocycles. The molecule has 0 saturated carbocycles. The van der Waals surface area contributed by atoms with E-state index in [1.165, 1.54) is 11.3 Å². The van der Waals surface area contributed by atoms with E-state index in [0.717, 1.165) is 37.1 Å². The van der Waals surface area contributed by atoms with E-state index >= 15 is 0 Å². The van der Waals surface area contributed by atoms with Crippen LogP contribution < -0.4 is 10.2 Å². The summed E-state index contributed by atoms with van der Waals surface area (Å²) in [7, 11) is 0. The van der Waals surface area contributed by atoms with Crippen molar-refractivity contribution in [2.24, 2.45) is 0 Å². The van der Waals surface area contributed by atoms with Crippen LogP contribution in [0.2, 0.25) is 0 Å². The van der Waals surface area contributed by atoms with Gasteiger partial charge in [-0.15, -0.1) is 0 Å². The second-order valence-corrected chi connectivity index (χ2v) is 7.64. The Kier molecular flexibility index (Phi) is 5.69. The van der Waals surface area contributed by atoms with Crippen LogP contribution in [0.15, 0.2) is 22.7 Å². The van der Waals surface area contributed by atoms with E-state index < -0.39 is 0 Å². The third-order valence-corrected chi connectivity index (χ3v) is 4.28. The molecular formula is C17H27BrN2O. The van der Waals surface area contributed by atoms with E-state index in [2.05, 4.69) is 72.0 Å². The molecule has 118 valence electrons. The first-order valence-corrected chi connectivity index (χ1v) is 8.58. The number of halogens is 1. The lowest BCUT2D eigenvalue weighted by molar-refractivity contribution is 0.0383. The fourth-order valence-electron chi connectivity index (χ4n) is 2.53. The Morgan fingerprint density at radius 3 is 2.81 bits per heavy atom. The van der Waals surface area contributed by atoms with E-state index in [0.29, 0.717) is 6.10 Å². The zero-order chi connectivity index (χ0) is 15.5. The molecule has 1 aliphatic heterocycles. The first-order valence-electron chi connectivity index (χ1n) is 7.79. The maximum Gasteiger partial charge on any atom is 0.0748 e. The van der Waals surface area contributed by atoms with Crippen molar-refractivity contribution in [1.82, 2.24) is 5.32 Å². The molecule has 0 aromatic heterocycles. The van der Waals surface area contributed by atoms with Gasteiger partial charge in [0.25, 0.3) is 0 Å². The summed E-state index contributed by atoms with van der Waals surface area (Å²) < 4.78 is 6.93. The van der Waals surface area contributed by atoms with Gasteiger partial charge in [-0.25, -0.2) is 0 Å². The number of ether oxygens (including phenoxy) is 1. The van der Waals surface area contributed by atoms with E-state index in [1.807, 2.05) is 0 Å². The minimum absolute atomic E-state index is 0.126. The molecule has 1 N–H and O–H groups in total. The minimum Gasteiger partial charge on any atom is -0.375 e. The maximum absolute atomic E-state index is 5.79. The Morgan fingerprint density at radius 1 is 1.38 bits per heavy atom. The van der Waals surface area contributed by atoms with E-state index in [9.17, 15) is 0 Å². The molecule has 0 aliphatic carbocycles. The number of nitrogens with one attached hydrogen (secondary N) is 1. The van der Waals surface area contributed by atoms with Crippen LogP contribution in [0, 0.1) is 0 Å². The molecule has 1 fully saturated rings. The molecular weight excluding hydrogens is 328 g/mol. The molecule has 1 aliphatic rings. The molecule has 0 amide bonds. The molecule has 1 atom stereocenters. The van der Waals surface area contributed by atoms with Crippen molar-refractivity contribution in [3.8, 4) is 0 Å². The van der Waals surface area contributed by atoms with Gasteiger partial charge in [-0.2, -0.15) is 0 Å². The highest BCUT2D eigenvalue weighted by atomic mass is 79.9. The van der Waals surface area contributed by atoms with Crippen LogP contribution in [-0.2, 0) is 11.3 Å². The lowest BCUT2D eigenvalue weighted by Crippen LogP contribution is -2.43. The number of hydrogen-bond donors (Lipinski definition) is 1. The van der Waals surface area contributed by atoms with Gasteiger partial charge in [-0.05, 0) is 44.9 Å². The minimum atomic E-state index is 0.126. The zero-order valence-electron chi connectivity index (χ0n) is 13.6. The average molecular weight is 355 g/mol. The predicted octanol–water partition coefficient (Wildman–Crippen LogP) is 3.95. The summed E-state index contributed by atoms with van der Waals surface area (Å²) in [4.78, 5) is 2.46. The third kappa shape index (κ3) is 4.97. The highest BCUT2D eigenvalue weighted by Gasteiger charge is 2.21. The summed E-state index contributed by atoms with van der Waals surface area (Å²) in [6.45, 7) is 12.5. The predicted molar refractivity (Wildman–Crippen MR) is 93.0 cm³/mol. The van der Waals surface area contributed by atoms with Gasteiger partial charge in [0.1, 0.15) is 0 Å². The van der Waals surface area contributed by atoms with Crippen LogP contribution in [0.3, 0.4) is 0 Å². The van der Waals surface area contributed by atoms with Crippen molar-refractivity contribution in [3.05, 3.63) is 28.2 Å². The summed E-state index contributed by atoms with van der Waals surface area (Å²) >= 11 is 3.61. The van der Waals surface area contributed by atoms with Gasteiger partial charge in [-0.3, -0.25) is 0 Å². The quantitative estimate of drug-likeness (QED) is 0.885. The Bertz CT molecular complexity index is 470. The zero-order valence-corrected chi connectivity index (χ0v) is 15.2. The number of rotatable bonds is 4. The van der Waals surface area contributed by atoms with Gasteiger partial charge < -0.3 is 15.0 Å². The lowest BCUT2D eigenvalue weighted by Gasteiger charge is -2.36. The van der Waals surface area contributed by atoms with Crippen molar-refractivity contribution in [3.63, 3.8) is 0 Å². The van der Waals surface area contributed by atoms with Crippen molar-refractivity contribution >= 4 is 21.6 Å². The largest absolute Gasteiger partial charge is 0.375 e. The number of hydrogen-bond acceptors (Lipinski definition) is 3. The second kappa shape index (κ2) is 7.12. The van der Waals surface area contributed by atoms with Crippen LogP contribution in [0.5, 0.6) is 0 Å². The van der Waals surface area contributed by atoms with Crippen molar-refractivity contribution in [2.75, 3.05) is 24.6 Å². The topological polar surface area (TPSA) is 24.5 Å². The highest BCUT2D eigenvalue weighted by Crippen LogP contribution is 2.27. The fourth-order valence-corrected chi connectivity index (χ4v) is 2.88. The fraction of sp³-hybridized carbons (Fsp3) is 0.647. The Balaban J connectivity index is 2.18.